The van der Waals surface area contributed by atoms with Crippen LogP contribution in [0.1, 0.15) is 30.1 Å². The van der Waals surface area contributed by atoms with Crippen molar-refractivity contribution in [2.24, 2.45) is 0 Å². The second-order valence-corrected chi connectivity index (χ2v) is 6.59. The SMILES string of the molecule is CS(=O)(=O)/C=C/CNC(=O)C1CCCc2[nH]cnc21. The lowest BCUT2D eigenvalue weighted by Crippen LogP contribution is -2.31. The number of aromatic nitrogens is 2. The van der Waals surface area contributed by atoms with Gasteiger partial charge in [-0.1, -0.05) is 6.08 Å². The number of rotatable bonds is 4. The largest absolute Gasteiger partial charge is 0.352 e. The first-order chi connectivity index (χ1) is 8.97. The fourth-order valence-electron chi connectivity index (χ4n) is 2.21. The van der Waals surface area contributed by atoms with E-state index in [1.807, 2.05) is 0 Å². The molecule has 0 radical (unpaired) electrons. The van der Waals surface area contributed by atoms with Crippen LogP contribution in [0.4, 0.5) is 0 Å². The van der Waals surface area contributed by atoms with Gasteiger partial charge >= 0.3 is 0 Å². The molecular formula is C12H17N3O3S. The van der Waals surface area contributed by atoms with Crippen LogP contribution in [-0.2, 0) is 21.1 Å². The summed E-state index contributed by atoms with van der Waals surface area (Å²) in [6, 6.07) is 0. The summed E-state index contributed by atoms with van der Waals surface area (Å²) in [5.74, 6) is -0.340. The van der Waals surface area contributed by atoms with E-state index in [-0.39, 0.29) is 18.4 Å². The number of amides is 1. The molecule has 6 nitrogen and oxygen atoms in total. The first-order valence-corrected chi connectivity index (χ1v) is 8.09. The average Bonchev–Trinajstić information content (AvgIpc) is 2.81. The third-order valence-corrected chi connectivity index (χ3v) is 3.74. The Labute approximate surface area is 112 Å². The molecule has 1 unspecified atom stereocenters. The number of aryl methyl sites for hydroxylation is 1. The fraction of sp³-hybridized carbons (Fsp3) is 0.500. The van der Waals surface area contributed by atoms with Crippen LogP contribution < -0.4 is 5.32 Å². The quantitative estimate of drug-likeness (QED) is 0.842. The highest BCUT2D eigenvalue weighted by Crippen LogP contribution is 2.28. The summed E-state index contributed by atoms with van der Waals surface area (Å²) in [7, 11) is -3.14. The van der Waals surface area contributed by atoms with Crippen LogP contribution >= 0.6 is 0 Å². The predicted octanol–water partition coefficient (Wildman–Crippen LogP) is 0.504. The van der Waals surface area contributed by atoms with Crippen LogP contribution in [0.5, 0.6) is 0 Å². The second kappa shape index (κ2) is 5.56. The first-order valence-electron chi connectivity index (χ1n) is 6.14. The Morgan fingerprint density at radius 1 is 1.63 bits per heavy atom. The number of carbonyl (C=O) groups excluding carboxylic acids is 1. The first kappa shape index (κ1) is 13.8. The number of nitrogens with zero attached hydrogens (tertiary/aromatic N) is 1. The Bertz CT molecular complexity index is 589. The third-order valence-electron chi connectivity index (χ3n) is 3.06. The summed E-state index contributed by atoms with van der Waals surface area (Å²) in [6.07, 6.45) is 6.81. The third kappa shape index (κ3) is 3.66. The van der Waals surface area contributed by atoms with Crippen LogP contribution in [-0.4, -0.2) is 37.1 Å². The standard InChI is InChI=1S/C12H17N3O3S/c1-19(17,18)7-3-6-13-12(16)9-4-2-5-10-11(9)15-8-14-10/h3,7-9H,2,4-6H2,1H3,(H,13,16)(H,14,15)/b7-3+. The van der Waals surface area contributed by atoms with Crippen molar-refractivity contribution in [1.29, 1.82) is 0 Å². The van der Waals surface area contributed by atoms with E-state index in [9.17, 15) is 13.2 Å². The zero-order chi connectivity index (χ0) is 13.9. The van der Waals surface area contributed by atoms with Crippen molar-refractivity contribution in [3.63, 3.8) is 0 Å². The molecule has 1 aromatic rings. The van der Waals surface area contributed by atoms with E-state index in [0.717, 1.165) is 42.3 Å². The van der Waals surface area contributed by atoms with Gasteiger partial charge in [-0.15, -0.1) is 0 Å². The minimum Gasteiger partial charge on any atom is -0.352 e. The number of H-pyrrole nitrogens is 1. The van der Waals surface area contributed by atoms with Crippen LogP contribution in [0, 0.1) is 0 Å². The normalized spacial score (nSPS) is 19.3. The summed E-state index contributed by atoms with van der Waals surface area (Å²) in [5.41, 5.74) is 1.84. The maximum absolute atomic E-state index is 12.0. The van der Waals surface area contributed by atoms with Gasteiger partial charge in [-0.05, 0) is 19.3 Å². The van der Waals surface area contributed by atoms with Gasteiger partial charge in [0.15, 0.2) is 9.84 Å². The monoisotopic (exact) mass is 283 g/mol. The second-order valence-electron chi connectivity index (χ2n) is 4.66. The van der Waals surface area contributed by atoms with Crippen LogP contribution in [0.15, 0.2) is 17.8 Å². The molecule has 0 aromatic carbocycles. The minimum absolute atomic E-state index is 0.105. The molecule has 1 aliphatic carbocycles. The average molecular weight is 283 g/mol. The molecule has 0 saturated heterocycles. The summed E-state index contributed by atoms with van der Waals surface area (Å²) < 4.78 is 21.8. The Morgan fingerprint density at radius 3 is 3.16 bits per heavy atom. The van der Waals surface area contributed by atoms with Crippen molar-refractivity contribution in [1.82, 2.24) is 15.3 Å². The highest BCUT2D eigenvalue weighted by molar-refractivity contribution is 7.93. The molecule has 104 valence electrons. The van der Waals surface area contributed by atoms with Gasteiger partial charge in [0.25, 0.3) is 0 Å². The molecule has 2 rings (SSSR count). The van der Waals surface area contributed by atoms with Gasteiger partial charge in [0.1, 0.15) is 0 Å². The lowest BCUT2D eigenvalue weighted by Gasteiger charge is -2.20. The lowest BCUT2D eigenvalue weighted by molar-refractivity contribution is -0.122. The Morgan fingerprint density at radius 2 is 2.42 bits per heavy atom. The maximum Gasteiger partial charge on any atom is 0.229 e. The van der Waals surface area contributed by atoms with Crippen molar-refractivity contribution >= 4 is 15.7 Å². The van der Waals surface area contributed by atoms with E-state index in [0.29, 0.717) is 0 Å². The maximum atomic E-state index is 12.0. The molecule has 0 saturated carbocycles. The number of imidazole rings is 1. The Kier molecular flexibility index (Phi) is 4.04. The smallest absolute Gasteiger partial charge is 0.229 e. The van der Waals surface area contributed by atoms with E-state index in [4.69, 9.17) is 0 Å². The summed E-state index contributed by atoms with van der Waals surface area (Å²) in [5, 5.41) is 3.80. The van der Waals surface area contributed by atoms with Crippen molar-refractivity contribution in [3.8, 4) is 0 Å². The predicted molar refractivity (Wildman–Crippen MR) is 71.3 cm³/mol. The van der Waals surface area contributed by atoms with Gasteiger partial charge < -0.3 is 10.3 Å². The molecule has 7 heteroatoms. The number of fused-ring (bicyclic) bond motifs is 1. The number of carbonyl (C=O) groups is 1. The molecule has 1 atom stereocenters. The van der Waals surface area contributed by atoms with Crippen LogP contribution in [0.3, 0.4) is 0 Å². The van der Waals surface area contributed by atoms with E-state index in [2.05, 4.69) is 15.3 Å². The summed E-state index contributed by atoms with van der Waals surface area (Å²) >= 11 is 0. The minimum atomic E-state index is -3.14. The molecule has 1 heterocycles. The van der Waals surface area contributed by atoms with Gasteiger partial charge in [-0.3, -0.25) is 4.79 Å². The van der Waals surface area contributed by atoms with Crippen molar-refractivity contribution in [2.45, 2.75) is 25.2 Å². The van der Waals surface area contributed by atoms with E-state index >= 15 is 0 Å². The molecule has 2 N–H and O–H groups in total. The molecule has 0 fully saturated rings. The van der Waals surface area contributed by atoms with Crippen LogP contribution in [0.2, 0.25) is 0 Å². The van der Waals surface area contributed by atoms with Gasteiger partial charge in [-0.2, -0.15) is 0 Å². The molecule has 1 aromatic heterocycles. The molecular weight excluding hydrogens is 266 g/mol. The number of aromatic amines is 1. The number of nitrogens with one attached hydrogen (secondary N) is 2. The number of hydrogen-bond donors (Lipinski definition) is 2. The summed E-state index contributed by atoms with van der Waals surface area (Å²) in [4.78, 5) is 19.3. The number of sulfone groups is 1. The number of hydrogen-bond acceptors (Lipinski definition) is 4. The fourth-order valence-corrected chi connectivity index (χ4v) is 2.66. The Hall–Kier alpha value is -1.63. The van der Waals surface area contributed by atoms with Gasteiger partial charge in [0.05, 0.1) is 17.9 Å². The zero-order valence-corrected chi connectivity index (χ0v) is 11.5. The topological polar surface area (TPSA) is 91.9 Å². The lowest BCUT2D eigenvalue weighted by atomic mass is 9.89. The Balaban J connectivity index is 1.94. The van der Waals surface area contributed by atoms with E-state index in [1.54, 1.807) is 6.33 Å². The van der Waals surface area contributed by atoms with Gasteiger partial charge in [0, 0.05) is 23.9 Å². The molecule has 1 amide bonds. The molecule has 0 spiro atoms. The zero-order valence-electron chi connectivity index (χ0n) is 10.7. The molecule has 0 aliphatic heterocycles. The van der Waals surface area contributed by atoms with Crippen molar-refractivity contribution < 1.29 is 13.2 Å². The van der Waals surface area contributed by atoms with Crippen LogP contribution in [0.25, 0.3) is 0 Å². The molecule has 19 heavy (non-hydrogen) atoms. The van der Waals surface area contributed by atoms with Gasteiger partial charge in [-0.25, -0.2) is 13.4 Å². The molecule has 1 aliphatic rings. The highest BCUT2D eigenvalue weighted by Gasteiger charge is 2.28. The van der Waals surface area contributed by atoms with E-state index in [1.165, 1.54) is 6.08 Å². The summed E-state index contributed by atoms with van der Waals surface area (Å²) in [6.45, 7) is 0.210. The van der Waals surface area contributed by atoms with E-state index < -0.39 is 9.84 Å². The highest BCUT2D eigenvalue weighted by atomic mass is 32.2. The molecule has 0 bridgehead atoms. The van der Waals surface area contributed by atoms with Gasteiger partial charge in [0.2, 0.25) is 5.91 Å². The van der Waals surface area contributed by atoms with Crippen molar-refractivity contribution in [2.75, 3.05) is 12.8 Å². The van der Waals surface area contributed by atoms with Crippen molar-refractivity contribution in [3.05, 3.63) is 29.2 Å².